The Morgan fingerprint density at radius 3 is 2.29 bits per heavy atom. The van der Waals surface area contributed by atoms with Crippen LogP contribution in [0.3, 0.4) is 0 Å². The minimum atomic E-state index is -0.440. The Morgan fingerprint density at radius 1 is 1.05 bits per heavy atom. The third kappa shape index (κ3) is 3.49. The molecular formula is C16H21N3O2. The zero-order valence-corrected chi connectivity index (χ0v) is 12.6. The number of hydrogen-bond donors (Lipinski definition) is 2. The zero-order chi connectivity index (χ0) is 15.4. The van der Waals surface area contributed by atoms with E-state index in [9.17, 15) is 9.59 Å². The van der Waals surface area contributed by atoms with Gasteiger partial charge in [0.25, 0.3) is 10.9 Å². The molecule has 2 N–H and O–H groups in total. The average Bonchev–Trinajstić information content (AvgIpc) is 2.49. The number of nitrogens with zero attached hydrogens (tertiary/aromatic N) is 1. The van der Waals surface area contributed by atoms with E-state index >= 15 is 0 Å². The molecule has 2 rings (SSSR count). The molecule has 0 spiro atoms. The lowest BCUT2D eigenvalue weighted by Gasteiger charge is -2.20. The number of benzene rings is 1. The molecule has 21 heavy (non-hydrogen) atoms. The number of nitrogens with one attached hydrogen (secondary N) is 2. The van der Waals surface area contributed by atoms with Crippen molar-refractivity contribution in [2.24, 2.45) is 0 Å². The molecule has 0 amide bonds. The number of likely N-dealkylation sites (N-methyl/N-ethyl adjacent to an activating group) is 1. The van der Waals surface area contributed by atoms with Crippen LogP contribution < -0.4 is 21.5 Å². The molecule has 2 aromatic carbocycles. The van der Waals surface area contributed by atoms with Gasteiger partial charge >= 0.3 is 0 Å². The first-order valence-corrected chi connectivity index (χ1v) is 7.04. The average molecular weight is 287 g/mol. The van der Waals surface area contributed by atoms with Gasteiger partial charge in [-0.1, -0.05) is 30.3 Å². The van der Waals surface area contributed by atoms with E-state index in [4.69, 9.17) is 0 Å². The van der Waals surface area contributed by atoms with E-state index in [1.54, 1.807) is 0 Å². The van der Waals surface area contributed by atoms with Gasteiger partial charge in [-0.05, 0) is 26.6 Å². The molecule has 5 heteroatoms. The van der Waals surface area contributed by atoms with Crippen molar-refractivity contribution in [2.45, 2.75) is 13.0 Å². The molecule has 1 unspecified atom stereocenters. The normalized spacial score (nSPS) is 12.6. The summed E-state index contributed by atoms with van der Waals surface area (Å²) in [4.78, 5) is 25.4. The molecule has 0 saturated carbocycles. The largest absolute Gasteiger partial charge is 0.379 e. The molecule has 2 aromatic rings. The summed E-state index contributed by atoms with van der Waals surface area (Å²) in [5.41, 5.74) is 1.01. The summed E-state index contributed by atoms with van der Waals surface area (Å²) < 4.78 is 0. The van der Waals surface area contributed by atoms with E-state index < -0.39 is 10.9 Å². The lowest BCUT2D eigenvalue weighted by molar-refractivity contribution is 0.425. The maximum absolute atomic E-state index is 11.7. The van der Waals surface area contributed by atoms with Crippen LogP contribution >= 0.6 is 0 Å². The highest BCUT2D eigenvalue weighted by Crippen LogP contribution is 2.21. The number of hydrogen-bond acceptors (Lipinski definition) is 5. The quantitative estimate of drug-likeness (QED) is 0.754. The smallest absolute Gasteiger partial charge is 0.253 e. The summed E-state index contributed by atoms with van der Waals surface area (Å²) in [6.07, 6.45) is 0. The highest BCUT2D eigenvalue weighted by Gasteiger charge is 2.22. The first kappa shape index (κ1) is 15.3. The van der Waals surface area contributed by atoms with Gasteiger partial charge in [-0.25, -0.2) is 0 Å². The van der Waals surface area contributed by atoms with Gasteiger partial charge in [0.1, 0.15) is 11.4 Å². The minimum Gasteiger partial charge on any atom is -0.379 e. The van der Waals surface area contributed by atoms with Crippen LogP contribution in [-0.4, -0.2) is 32.1 Å². The lowest BCUT2D eigenvalue weighted by atomic mass is 10.1. The zero-order valence-electron chi connectivity index (χ0n) is 12.6. The van der Waals surface area contributed by atoms with Gasteiger partial charge in [-0.15, -0.1) is 0 Å². The predicted molar refractivity (Wildman–Crippen MR) is 86.9 cm³/mol. The Morgan fingerprint density at radius 2 is 1.67 bits per heavy atom. The van der Waals surface area contributed by atoms with Gasteiger partial charge < -0.3 is 15.5 Å². The van der Waals surface area contributed by atoms with Gasteiger partial charge in [0, 0.05) is 19.1 Å². The van der Waals surface area contributed by atoms with Crippen molar-refractivity contribution in [1.82, 2.24) is 4.90 Å². The van der Waals surface area contributed by atoms with Crippen molar-refractivity contribution in [2.75, 3.05) is 37.8 Å². The van der Waals surface area contributed by atoms with Crippen molar-refractivity contribution in [3.8, 4) is 0 Å². The topological polar surface area (TPSA) is 61.4 Å². The van der Waals surface area contributed by atoms with Crippen molar-refractivity contribution in [3.63, 3.8) is 0 Å². The van der Waals surface area contributed by atoms with E-state index in [2.05, 4.69) is 10.6 Å². The Kier molecular flexibility index (Phi) is 4.75. The van der Waals surface area contributed by atoms with Crippen LogP contribution in [0, 0.1) is 0 Å². The highest BCUT2D eigenvalue weighted by molar-refractivity contribution is 5.74. The van der Waals surface area contributed by atoms with Crippen LogP contribution in [0.1, 0.15) is 18.5 Å². The number of rotatable bonds is 7. The van der Waals surface area contributed by atoms with Crippen LogP contribution in [-0.2, 0) is 0 Å². The van der Waals surface area contributed by atoms with E-state index in [-0.39, 0.29) is 6.04 Å². The third-order valence-corrected chi connectivity index (χ3v) is 3.43. The molecule has 0 aliphatic heterocycles. The standard InChI is InChI=1S/C16H21N3O2/c1-11(12-7-5-4-6-8-12)18-14-13(15(20)16(14)21)17-9-10-19(2)3/h4-8,11,17-18H,9-10H2,1-3H3. The van der Waals surface area contributed by atoms with Gasteiger partial charge in [0.05, 0.1) is 0 Å². The van der Waals surface area contributed by atoms with Crippen LogP contribution in [0.25, 0.3) is 0 Å². The molecule has 0 aromatic heterocycles. The Bertz CT molecular complexity index is 658. The highest BCUT2D eigenvalue weighted by atomic mass is 16.2. The van der Waals surface area contributed by atoms with Crippen LogP contribution in [0.2, 0.25) is 0 Å². The Balaban J connectivity index is 2.05. The minimum absolute atomic E-state index is 0.0242. The summed E-state index contributed by atoms with van der Waals surface area (Å²) in [6, 6.07) is 9.80. The predicted octanol–water partition coefficient (Wildman–Crippen LogP) is 1.43. The summed E-state index contributed by atoms with van der Waals surface area (Å²) in [7, 11) is 3.92. The second-order valence-electron chi connectivity index (χ2n) is 5.42. The summed E-state index contributed by atoms with van der Waals surface area (Å²) in [5.74, 6) is 0. The van der Waals surface area contributed by atoms with Crippen LogP contribution in [0.4, 0.5) is 11.4 Å². The van der Waals surface area contributed by atoms with Crippen LogP contribution in [0.5, 0.6) is 0 Å². The maximum atomic E-state index is 11.7. The number of anilines is 2. The second kappa shape index (κ2) is 6.54. The van der Waals surface area contributed by atoms with Crippen molar-refractivity contribution >= 4 is 11.4 Å². The van der Waals surface area contributed by atoms with Gasteiger partial charge in [-0.2, -0.15) is 0 Å². The molecule has 0 aliphatic rings. The SMILES string of the molecule is CC(Nc1c(NCCN(C)C)c(=O)c1=O)c1ccccc1. The molecule has 112 valence electrons. The Labute approximate surface area is 124 Å². The molecule has 0 saturated heterocycles. The van der Waals surface area contributed by atoms with Crippen molar-refractivity contribution in [3.05, 3.63) is 56.3 Å². The van der Waals surface area contributed by atoms with E-state index in [0.717, 1.165) is 12.1 Å². The fourth-order valence-corrected chi connectivity index (χ4v) is 2.14. The molecule has 5 nitrogen and oxygen atoms in total. The molecule has 0 aliphatic carbocycles. The molecule has 1 atom stereocenters. The van der Waals surface area contributed by atoms with Gasteiger partial charge in [-0.3, -0.25) is 9.59 Å². The van der Waals surface area contributed by atoms with Gasteiger partial charge in [0.2, 0.25) is 0 Å². The fourth-order valence-electron chi connectivity index (χ4n) is 2.14. The van der Waals surface area contributed by atoms with Crippen molar-refractivity contribution in [1.29, 1.82) is 0 Å². The third-order valence-electron chi connectivity index (χ3n) is 3.43. The molecule has 0 fully saturated rings. The first-order chi connectivity index (χ1) is 10.0. The molecular weight excluding hydrogens is 266 g/mol. The summed E-state index contributed by atoms with van der Waals surface area (Å²) >= 11 is 0. The maximum Gasteiger partial charge on any atom is 0.253 e. The fraction of sp³-hybridized carbons (Fsp3) is 0.375. The van der Waals surface area contributed by atoms with E-state index in [0.29, 0.717) is 17.9 Å². The monoisotopic (exact) mass is 287 g/mol. The van der Waals surface area contributed by atoms with E-state index in [1.165, 1.54) is 0 Å². The molecule has 0 heterocycles. The van der Waals surface area contributed by atoms with Gasteiger partial charge in [0.15, 0.2) is 0 Å². The second-order valence-corrected chi connectivity index (χ2v) is 5.42. The van der Waals surface area contributed by atoms with Crippen LogP contribution in [0.15, 0.2) is 39.9 Å². The summed E-state index contributed by atoms with van der Waals surface area (Å²) in [5, 5.41) is 6.18. The molecule has 0 bridgehead atoms. The first-order valence-electron chi connectivity index (χ1n) is 7.04. The Hall–Kier alpha value is -2.14. The van der Waals surface area contributed by atoms with E-state index in [1.807, 2.05) is 56.3 Å². The summed E-state index contributed by atoms with van der Waals surface area (Å²) in [6.45, 7) is 3.40. The lowest BCUT2D eigenvalue weighted by Crippen LogP contribution is -2.39. The molecule has 0 radical (unpaired) electrons. The van der Waals surface area contributed by atoms with Crippen molar-refractivity contribution < 1.29 is 0 Å².